The van der Waals surface area contributed by atoms with Gasteiger partial charge < -0.3 is 5.11 Å². The van der Waals surface area contributed by atoms with E-state index in [4.69, 9.17) is 5.11 Å². The average Bonchev–Trinajstić information content (AvgIpc) is 2.35. The molecule has 0 amide bonds. The van der Waals surface area contributed by atoms with Gasteiger partial charge in [0, 0.05) is 0 Å². The summed E-state index contributed by atoms with van der Waals surface area (Å²) in [5.41, 5.74) is 0.569. The first-order chi connectivity index (χ1) is 8.24. The van der Waals surface area contributed by atoms with Gasteiger partial charge in [-0.2, -0.15) is 0 Å². The fourth-order valence-electron chi connectivity index (χ4n) is 1.80. The Morgan fingerprint density at radius 2 is 1.76 bits per heavy atom. The van der Waals surface area contributed by atoms with Gasteiger partial charge in [0.05, 0.1) is 5.57 Å². The van der Waals surface area contributed by atoms with Gasteiger partial charge in [-0.1, -0.05) is 42.5 Å². The first-order valence-corrected chi connectivity index (χ1v) is 5.11. The van der Waals surface area contributed by atoms with Crippen LogP contribution in [-0.2, 0) is 9.59 Å². The first-order valence-electron chi connectivity index (χ1n) is 5.11. The number of hydrogen-bond donors (Lipinski definition) is 1. The largest absolute Gasteiger partial charge is 0.478 e. The Bertz CT molecular complexity index is 606. The number of carbonyl (C=O) groups excluding carboxylic acids is 1. The molecule has 0 spiro atoms. The average molecular weight is 226 g/mol. The maximum absolute atomic E-state index is 11.1. The van der Waals surface area contributed by atoms with Gasteiger partial charge in [-0.3, -0.25) is 4.79 Å². The molecule has 0 aliphatic rings. The van der Waals surface area contributed by atoms with Crippen LogP contribution in [0.2, 0.25) is 0 Å². The molecule has 0 atom stereocenters. The molecule has 0 saturated carbocycles. The van der Waals surface area contributed by atoms with Gasteiger partial charge >= 0.3 is 5.97 Å². The van der Waals surface area contributed by atoms with Gasteiger partial charge in [0.2, 0.25) is 0 Å². The summed E-state index contributed by atoms with van der Waals surface area (Å²) in [6, 6.07) is 12.8. The van der Waals surface area contributed by atoms with Gasteiger partial charge in [0.25, 0.3) is 0 Å². The van der Waals surface area contributed by atoms with Crippen LogP contribution in [0.4, 0.5) is 0 Å². The van der Waals surface area contributed by atoms with E-state index >= 15 is 0 Å². The highest BCUT2D eigenvalue weighted by molar-refractivity contribution is 6.21. The molecule has 0 aliphatic carbocycles. The zero-order valence-corrected chi connectivity index (χ0v) is 8.96. The van der Waals surface area contributed by atoms with Crippen molar-refractivity contribution in [3.8, 4) is 0 Å². The van der Waals surface area contributed by atoms with Crippen molar-refractivity contribution in [2.24, 2.45) is 0 Å². The van der Waals surface area contributed by atoms with E-state index < -0.39 is 5.97 Å². The van der Waals surface area contributed by atoms with Crippen LogP contribution in [0.3, 0.4) is 0 Å². The third-order valence-corrected chi connectivity index (χ3v) is 2.54. The lowest BCUT2D eigenvalue weighted by atomic mass is 9.98. The molecular formula is C14H10O3. The summed E-state index contributed by atoms with van der Waals surface area (Å²) in [7, 11) is 0. The molecule has 0 aromatic heterocycles. The first kappa shape index (κ1) is 11.1. The Balaban J connectivity index is 2.74. The van der Waals surface area contributed by atoms with Gasteiger partial charge in [-0.05, 0) is 22.4 Å². The molecule has 0 saturated heterocycles. The number of allylic oxidation sites excluding steroid dienone is 1. The van der Waals surface area contributed by atoms with E-state index in [0.29, 0.717) is 11.8 Å². The Morgan fingerprint density at radius 3 is 2.47 bits per heavy atom. The number of hydrogen-bond acceptors (Lipinski definition) is 2. The third-order valence-electron chi connectivity index (χ3n) is 2.54. The van der Waals surface area contributed by atoms with E-state index in [0.717, 1.165) is 16.8 Å². The Labute approximate surface area is 98.0 Å². The van der Waals surface area contributed by atoms with Crippen molar-refractivity contribution in [2.45, 2.75) is 0 Å². The monoisotopic (exact) mass is 226 g/mol. The summed E-state index contributed by atoms with van der Waals surface area (Å²) < 4.78 is 0. The molecule has 84 valence electrons. The Kier molecular flexibility index (Phi) is 3.01. The molecule has 0 heterocycles. The number of benzene rings is 2. The van der Waals surface area contributed by atoms with E-state index in [-0.39, 0.29) is 5.57 Å². The minimum absolute atomic E-state index is 0.0109. The van der Waals surface area contributed by atoms with Crippen molar-refractivity contribution in [1.82, 2.24) is 0 Å². The molecule has 2 aromatic rings. The lowest BCUT2D eigenvalue weighted by molar-refractivity contribution is -0.130. The summed E-state index contributed by atoms with van der Waals surface area (Å²) >= 11 is 0. The quantitative estimate of drug-likeness (QED) is 0.646. The second-order valence-corrected chi connectivity index (χ2v) is 3.55. The SMILES string of the molecule is O=CC=C(C(=O)O)c1cccc2ccccc12. The molecule has 0 fully saturated rings. The van der Waals surface area contributed by atoms with Crippen LogP contribution in [0.25, 0.3) is 16.3 Å². The number of carboxylic acids is 1. The molecular weight excluding hydrogens is 216 g/mol. The van der Waals surface area contributed by atoms with Crippen LogP contribution in [0.5, 0.6) is 0 Å². The van der Waals surface area contributed by atoms with Gasteiger partial charge in [-0.15, -0.1) is 0 Å². The highest BCUT2D eigenvalue weighted by Gasteiger charge is 2.12. The van der Waals surface area contributed by atoms with Gasteiger partial charge in [0.15, 0.2) is 0 Å². The zero-order chi connectivity index (χ0) is 12.3. The summed E-state index contributed by atoms with van der Waals surface area (Å²) in [6.07, 6.45) is 1.56. The third kappa shape index (κ3) is 2.08. The van der Waals surface area contributed by atoms with Crippen LogP contribution < -0.4 is 0 Å². The van der Waals surface area contributed by atoms with Crippen molar-refractivity contribution in [3.05, 3.63) is 54.1 Å². The molecule has 2 aromatic carbocycles. The number of aliphatic carboxylic acids is 1. The van der Waals surface area contributed by atoms with Crippen molar-refractivity contribution < 1.29 is 14.7 Å². The van der Waals surface area contributed by atoms with Gasteiger partial charge in [0.1, 0.15) is 6.29 Å². The Hall–Kier alpha value is -2.42. The number of rotatable bonds is 3. The van der Waals surface area contributed by atoms with Gasteiger partial charge in [-0.25, -0.2) is 4.79 Å². The second-order valence-electron chi connectivity index (χ2n) is 3.55. The number of carbonyl (C=O) groups is 2. The second kappa shape index (κ2) is 4.61. The fraction of sp³-hybridized carbons (Fsp3) is 0. The number of carboxylic acid groups (broad SMARTS) is 1. The molecule has 0 radical (unpaired) electrons. The molecule has 17 heavy (non-hydrogen) atoms. The van der Waals surface area contributed by atoms with Crippen molar-refractivity contribution in [1.29, 1.82) is 0 Å². The molecule has 0 bridgehead atoms. The summed E-state index contributed by atoms with van der Waals surface area (Å²) in [5, 5.41) is 10.9. The molecule has 0 aliphatic heterocycles. The lowest BCUT2D eigenvalue weighted by Crippen LogP contribution is -2.00. The van der Waals surface area contributed by atoms with E-state index in [1.54, 1.807) is 12.1 Å². The highest BCUT2D eigenvalue weighted by Crippen LogP contribution is 2.24. The lowest BCUT2D eigenvalue weighted by Gasteiger charge is -2.06. The van der Waals surface area contributed by atoms with E-state index in [2.05, 4.69) is 0 Å². The maximum atomic E-state index is 11.1. The predicted molar refractivity (Wildman–Crippen MR) is 65.6 cm³/mol. The minimum Gasteiger partial charge on any atom is -0.478 e. The maximum Gasteiger partial charge on any atom is 0.336 e. The van der Waals surface area contributed by atoms with Crippen molar-refractivity contribution in [2.75, 3.05) is 0 Å². The molecule has 2 rings (SSSR count). The molecule has 1 N–H and O–H groups in total. The van der Waals surface area contributed by atoms with Crippen LogP contribution >= 0.6 is 0 Å². The van der Waals surface area contributed by atoms with E-state index in [9.17, 15) is 9.59 Å². The smallest absolute Gasteiger partial charge is 0.336 e. The van der Waals surface area contributed by atoms with Crippen LogP contribution in [0.15, 0.2) is 48.5 Å². The van der Waals surface area contributed by atoms with Crippen LogP contribution in [-0.4, -0.2) is 17.4 Å². The summed E-state index contributed by atoms with van der Waals surface area (Å²) in [4.78, 5) is 21.6. The van der Waals surface area contributed by atoms with Crippen molar-refractivity contribution in [3.63, 3.8) is 0 Å². The number of aldehydes is 1. The Morgan fingerprint density at radius 1 is 1.06 bits per heavy atom. The number of fused-ring (bicyclic) bond motifs is 1. The molecule has 3 nitrogen and oxygen atoms in total. The van der Waals surface area contributed by atoms with E-state index in [1.807, 2.05) is 30.3 Å². The standard InChI is InChI=1S/C14H10O3/c15-9-8-13(14(16)17)12-7-3-5-10-4-1-2-6-11(10)12/h1-9H,(H,16,17). The van der Waals surface area contributed by atoms with Crippen LogP contribution in [0, 0.1) is 0 Å². The fourth-order valence-corrected chi connectivity index (χ4v) is 1.80. The topological polar surface area (TPSA) is 54.4 Å². The van der Waals surface area contributed by atoms with Crippen LogP contribution in [0.1, 0.15) is 5.56 Å². The zero-order valence-electron chi connectivity index (χ0n) is 8.96. The molecule has 0 unspecified atom stereocenters. The van der Waals surface area contributed by atoms with E-state index in [1.165, 1.54) is 0 Å². The highest BCUT2D eigenvalue weighted by atomic mass is 16.4. The minimum atomic E-state index is -1.10. The predicted octanol–water partition coefficient (Wildman–Crippen LogP) is 2.51. The summed E-state index contributed by atoms with van der Waals surface area (Å²) in [6.45, 7) is 0. The molecule has 3 heteroatoms. The summed E-state index contributed by atoms with van der Waals surface area (Å²) in [5.74, 6) is -1.10. The normalized spacial score (nSPS) is 11.4. The van der Waals surface area contributed by atoms with Crippen molar-refractivity contribution >= 4 is 28.6 Å².